The van der Waals surface area contributed by atoms with Crippen molar-refractivity contribution in [2.24, 2.45) is 0 Å². The molecule has 0 amide bonds. The Morgan fingerprint density at radius 1 is 1.29 bits per heavy atom. The van der Waals surface area contributed by atoms with E-state index in [0.29, 0.717) is 17.9 Å². The maximum absolute atomic E-state index is 12.1. The first-order valence-corrected chi connectivity index (χ1v) is 13.5. The number of hydrogen-bond donors (Lipinski definition) is 1. The lowest BCUT2D eigenvalue weighted by molar-refractivity contribution is -0.945. The number of nitrogens with zero attached hydrogens (tertiary/aromatic N) is 3. The molecule has 31 heavy (non-hydrogen) atoms. The van der Waals surface area contributed by atoms with E-state index in [9.17, 15) is 8.42 Å². The minimum atomic E-state index is -2.95. The first kappa shape index (κ1) is 22.2. The number of sulfone groups is 1. The lowest BCUT2D eigenvalue weighted by atomic mass is 10.2. The highest BCUT2D eigenvalue weighted by atomic mass is 32.2. The maximum Gasteiger partial charge on any atom is 0.207 e. The summed E-state index contributed by atoms with van der Waals surface area (Å²) in [6, 6.07) is 11.9. The molecule has 4 rings (SSSR count). The molecule has 0 bridgehead atoms. The second-order valence-corrected chi connectivity index (χ2v) is 11.3. The van der Waals surface area contributed by atoms with E-state index < -0.39 is 9.84 Å². The third-order valence-corrected chi connectivity index (χ3v) is 8.67. The zero-order valence-electron chi connectivity index (χ0n) is 17.7. The first-order valence-electron chi connectivity index (χ1n) is 10.4. The second-order valence-electron chi connectivity index (χ2n) is 7.76. The molecule has 166 valence electrons. The standard InChI is InChI=1S/C21H26N4O3S3/c1-3-11-23(16-10-13-31(26,27)14-16)15-24-21(29)25(17-7-4-5-8-18(17)28-2)20(22-24)19-9-6-12-30-19/h4-9,12,16H,3,10-11,13-15H2,1-2H3/p+1. The second kappa shape index (κ2) is 9.23. The van der Waals surface area contributed by atoms with Crippen LogP contribution in [0.2, 0.25) is 0 Å². The minimum absolute atomic E-state index is 0.0773. The maximum atomic E-state index is 12.1. The molecule has 1 fully saturated rings. The van der Waals surface area contributed by atoms with Crippen molar-refractivity contribution in [3.63, 3.8) is 0 Å². The molecule has 10 heteroatoms. The molecule has 7 nitrogen and oxygen atoms in total. The van der Waals surface area contributed by atoms with Gasteiger partial charge in [-0.05, 0) is 42.2 Å². The quantitative estimate of drug-likeness (QED) is 0.503. The Labute approximate surface area is 191 Å². The van der Waals surface area contributed by atoms with Gasteiger partial charge in [0.05, 0.1) is 30.0 Å². The monoisotopic (exact) mass is 479 g/mol. The van der Waals surface area contributed by atoms with Crippen molar-refractivity contribution in [2.75, 3.05) is 25.2 Å². The summed E-state index contributed by atoms with van der Waals surface area (Å²) < 4.78 is 34.1. The molecule has 1 aliphatic rings. The van der Waals surface area contributed by atoms with Gasteiger partial charge in [-0.3, -0.25) is 4.57 Å². The number of para-hydroxylation sites is 2. The predicted molar refractivity (Wildman–Crippen MR) is 125 cm³/mol. The highest BCUT2D eigenvalue weighted by Crippen LogP contribution is 2.30. The number of ether oxygens (including phenoxy) is 1. The van der Waals surface area contributed by atoms with Crippen LogP contribution in [0.3, 0.4) is 0 Å². The van der Waals surface area contributed by atoms with Crippen LogP contribution in [-0.2, 0) is 16.5 Å². The lowest BCUT2D eigenvalue weighted by Gasteiger charge is -2.24. The lowest BCUT2D eigenvalue weighted by Crippen LogP contribution is -3.15. The molecule has 3 heterocycles. The summed E-state index contributed by atoms with van der Waals surface area (Å²) in [6.45, 7) is 3.53. The van der Waals surface area contributed by atoms with Crippen LogP contribution in [0, 0.1) is 4.77 Å². The summed E-state index contributed by atoms with van der Waals surface area (Å²) in [7, 11) is -1.30. The fourth-order valence-corrected chi connectivity index (χ4v) is 6.96. The normalized spacial score (nSPS) is 18.8. The van der Waals surface area contributed by atoms with Crippen LogP contribution in [0.5, 0.6) is 5.75 Å². The Kier molecular flexibility index (Phi) is 6.61. The van der Waals surface area contributed by atoms with Crippen molar-refractivity contribution < 1.29 is 18.1 Å². The van der Waals surface area contributed by atoms with Crippen molar-refractivity contribution in [1.82, 2.24) is 14.3 Å². The number of nitrogens with one attached hydrogen (secondary N) is 1. The van der Waals surface area contributed by atoms with E-state index in [1.807, 2.05) is 51.0 Å². The summed E-state index contributed by atoms with van der Waals surface area (Å²) >= 11 is 7.48. The molecule has 2 aromatic heterocycles. The topological polar surface area (TPSA) is 70.6 Å². The summed E-state index contributed by atoms with van der Waals surface area (Å²) in [5.74, 6) is 1.99. The van der Waals surface area contributed by atoms with E-state index in [1.54, 1.807) is 18.4 Å². The molecule has 0 spiro atoms. The molecular formula is C21H27N4O3S3+. The van der Waals surface area contributed by atoms with Crippen molar-refractivity contribution in [1.29, 1.82) is 0 Å². The number of rotatable bonds is 8. The number of thiophene rings is 1. The Morgan fingerprint density at radius 2 is 2.10 bits per heavy atom. The minimum Gasteiger partial charge on any atom is -0.495 e. The van der Waals surface area contributed by atoms with Crippen LogP contribution < -0.4 is 9.64 Å². The third-order valence-electron chi connectivity index (χ3n) is 5.64. The van der Waals surface area contributed by atoms with Crippen LogP contribution in [0.25, 0.3) is 16.4 Å². The summed E-state index contributed by atoms with van der Waals surface area (Å²) in [5, 5.41) is 6.91. The van der Waals surface area contributed by atoms with E-state index in [2.05, 4.69) is 6.92 Å². The Hall–Kier alpha value is -2.01. The van der Waals surface area contributed by atoms with Crippen LogP contribution in [0.15, 0.2) is 41.8 Å². The summed E-state index contributed by atoms with van der Waals surface area (Å²) in [5.41, 5.74) is 0.838. The molecule has 2 atom stereocenters. The molecule has 0 radical (unpaired) electrons. The Balaban J connectivity index is 1.78. The average molecular weight is 480 g/mol. The van der Waals surface area contributed by atoms with E-state index in [4.69, 9.17) is 22.1 Å². The molecular weight excluding hydrogens is 452 g/mol. The van der Waals surface area contributed by atoms with Gasteiger partial charge in [0.2, 0.25) is 4.77 Å². The summed E-state index contributed by atoms with van der Waals surface area (Å²) in [6.07, 6.45) is 1.65. The molecule has 1 saturated heterocycles. The molecule has 1 aliphatic heterocycles. The van der Waals surface area contributed by atoms with E-state index >= 15 is 0 Å². The molecule has 0 saturated carbocycles. The van der Waals surface area contributed by atoms with Gasteiger partial charge in [-0.15, -0.1) is 16.4 Å². The number of methoxy groups -OCH3 is 1. The molecule has 3 aromatic rings. The van der Waals surface area contributed by atoms with Crippen molar-refractivity contribution in [3.8, 4) is 22.1 Å². The highest BCUT2D eigenvalue weighted by molar-refractivity contribution is 7.91. The summed E-state index contributed by atoms with van der Waals surface area (Å²) in [4.78, 5) is 2.22. The number of benzene rings is 1. The molecule has 2 unspecified atom stereocenters. The van der Waals surface area contributed by atoms with Crippen LogP contribution >= 0.6 is 23.6 Å². The fraction of sp³-hybridized carbons (Fsp3) is 0.429. The van der Waals surface area contributed by atoms with Gasteiger partial charge < -0.3 is 9.64 Å². The average Bonchev–Trinajstić information content (AvgIpc) is 3.47. The van der Waals surface area contributed by atoms with Gasteiger partial charge in [-0.2, -0.15) is 4.68 Å². The van der Waals surface area contributed by atoms with Crippen molar-refractivity contribution >= 4 is 33.4 Å². The predicted octanol–water partition coefficient (Wildman–Crippen LogP) is 2.58. The van der Waals surface area contributed by atoms with E-state index in [-0.39, 0.29) is 17.5 Å². The van der Waals surface area contributed by atoms with Gasteiger partial charge in [-0.25, -0.2) is 8.42 Å². The van der Waals surface area contributed by atoms with Crippen molar-refractivity contribution in [3.05, 3.63) is 46.5 Å². The van der Waals surface area contributed by atoms with Gasteiger partial charge in [-0.1, -0.05) is 25.1 Å². The largest absolute Gasteiger partial charge is 0.495 e. The Morgan fingerprint density at radius 3 is 2.74 bits per heavy atom. The zero-order valence-corrected chi connectivity index (χ0v) is 20.1. The smallest absolute Gasteiger partial charge is 0.207 e. The first-order chi connectivity index (χ1) is 14.9. The van der Waals surface area contributed by atoms with Crippen molar-refractivity contribution in [2.45, 2.75) is 32.5 Å². The molecule has 1 aromatic carbocycles. The van der Waals surface area contributed by atoms with Gasteiger partial charge in [0.25, 0.3) is 0 Å². The van der Waals surface area contributed by atoms with Crippen LogP contribution in [-0.4, -0.2) is 54.0 Å². The third kappa shape index (κ3) is 4.62. The van der Waals surface area contributed by atoms with Gasteiger partial charge in [0.15, 0.2) is 22.3 Å². The SMILES string of the molecule is CCC[NH+](Cn1nc(-c2cccs2)n(-c2ccccc2OC)c1=S)C1CCS(=O)(=O)C1. The highest BCUT2D eigenvalue weighted by Gasteiger charge is 2.35. The van der Waals surface area contributed by atoms with Gasteiger partial charge >= 0.3 is 0 Å². The van der Waals surface area contributed by atoms with E-state index in [0.717, 1.165) is 35.1 Å². The van der Waals surface area contributed by atoms with Gasteiger partial charge in [0.1, 0.15) is 17.5 Å². The zero-order chi connectivity index (χ0) is 22.0. The number of aromatic nitrogens is 3. The van der Waals surface area contributed by atoms with Crippen LogP contribution in [0.4, 0.5) is 0 Å². The fourth-order valence-electron chi connectivity index (χ4n) is 4.15. The Bertz CT molecular complexity index is 1200. The van der Waals surface area contributed by atoms with Crippen LogP contribution in [0.1, 0.15) is 19.8 Å². The van der Waals surface area contributed by atoms with Gasteiger partial charge in [0, 0.05) is 6.42 Å². The molecule has 0 aliphatic carbocycles. The number of hydrogen-bond acceptors (Lipinski definition) is 6. The van der Waals surface area contributed by atoms with E-state index in [1.165, 1.54) is 4.90 Å². The molecule has 1 N–H and O–H groups in total. The number of quaternary nitrogens is 1.